The van der Waals surface area contributed by atoms with Crippen molar-refractivity contribution in [3.63, 3.8) is 0 Å². The molecule has 26 heteroatoms. The van der Waals surface area contributed by atoms with E-state index >= 15 is 0 Å². The molecule has 0 unspecified atom stereocenters. The maximum absolute atomic E-state index is 14.3. The Balaban J connectivity index is 1.18. The average Bonchev–Trinajstić information content (AvgIpc) is 1.77. The fraction of sp³-hybridized carbons (Fsp3) is 0.517. The van der Waals surface area contributed by atoms with E-state index in [1.807, 2.05) is 18.7 Å². The van der Waals surface area contributed by atoms with Crippen molar-refractivity contribution in [1.82, 2.24) is 47.9 Å². The van der Waals surface area contributed by atoms with Crippen molar-refractivity contribution < 1.29 is 78.3 Å². The Hall–Kier alpha value is -7.94. The largest absolute Gasteiger partial charge is 0.508 e. The van der Waals surface area contributed by atoms with E-state index in [-0.39, 0.29) is 77.0 Å². The van der Waals surface area contributed by atoms with Gasteiger partial charge in [0.25, 0.3) is 0 Å². The second-order valence-corrected chi connectivity index (χ2v) is 23.8. The number of nitrogens with one attached hydrogen (secondary N) is 9. The monoisotopic (exact) mass is 1220 g/mol. The molecule has 5 rings (SSSR count). The molecule has 3 aromatic rings. The number of urea groups is 1. The summed E-state index contributed by atoms with van der Waals surface area (Å²) in [4.78, 5) is 145. The molecule has 2 aliphatic rings. The van der Waals surface area contributed by atoms with Crippen molar-refractivity contribution in [2.24, 2.45) is 5.92 Å². The van der Waals surface area contributed by atoms with E-state index in [0.717, 1.165) is 25.5 Å². The number of aromatic hydroxyl groups is 1. The molecule has 2 saturated heterocycles. The van der Waals surface area contributed by atoms with Crippen LogP contribution in [-0.4, -0.2) is 174 Å². The molecule has 86 heavy (non-hydrogen) atoms. The highest BCUT2D eigenvalue weighted by molar-refractivity contribution is 8.00. The molecular weight excluding hydrogens is 1130 g/mol. The molecule has 2 fully saturated rings. The number of ketones is 2. The van der Waals surface area contributed by atoms with E-state index in [4.69, 9.17) is 0 Å². The van der Waals surface area contributed by atoms with Crippen LogP contribution < -0.4 is 47.9 Å². The van der Waals surface area contributed by atoms with Crippen LogP contribution in [-0.2, 0) is 56.0 Å². The summed E-state index contributed by atoms with van der Waals surface area (Å²) >= 11 is 1.82. The molecule has 3 aromatic carbocycles. The lowest BCUT2D eigenvalue weighted by Crippen LogP contribution is -2.63. The molecule has 2 aliphatic heterocycles. The lowest BCUT2D eigenvalue weighted by molar-refractivity contribution is -0.143. The lowest BCUT2D eigenvalue weighted by Gasteiger charge is -2.35. The van der Waals surface area contributed by atoms with Gasteiger partial charge in [0, 0.05) is 54.4 Å². The minimum absolute atomic E-state index is 0.0953. The van der Waals surface area contributed by atoms with Gasteiger partial charge in [-0.2, -0.15) is 11.8 Å². The zero-order chi connectivity index (χ0) is 63.5. The number of hydrogen-bond donors (Lipinski definition) is 14. The average molecular weight is 1220 g/mol. The number of carboxylic acids is 2. The highest BCUT2D eigenvalue weighted by Gasteiger charge is 2.60. The van der Waals surface area contributed by atoms with Crippen molar-refractivity contribution in [3.05, 3.63) is 101 Å². The first kappa shape index (κ1) is 68.8. The number of carbonyl (C=O) groups is 11. The summed E-state index contributed by atoms with van der Waals surface area (Å²) in [7, 11) is 0. The van der Waals surface area contributed by atoms with Crippen molar-refractivity contribution >= 4 is 76.7 Å². The number of phenolic OH excluding ortho intramolecular Hbond substituents is 1. The van der Waals surface area contributed by atoms with Crippen LogP contribution in [0.4, 0.5) is 4.79 Å². The number of aliphatic hydroxyl groups is 2. The van der Waals surface area contributed by atoms with Crippen LogP contribution >= 0.6 is 11.8 Å². The van der Waals surface area contributed by atoms with Gasteiger partial charge in [-0.15, -0.1) is 0 Å². The molecule has 0 aliphatic carbocycles. The van der Waals surface area contributed by atoms with Gasteiger partial charge in [0.1, 0.15) is 47.8 Å². The van der Waals surface area contributed by atoms with Gasteiger partial charge in [-0.1, -0.05) is 87.0 Å². The van der Waals surface area contributed by atoms with Crippen molar-refractivity contribution in [1.29, 1.82) is 0 Å². The summed E-state index contributed by atoms with van der Waals surface area (Å²) in [5.41, 5.74) is 0.683. The number of rotatable bonds is 35. The smallest absolute Gasteiger partial charge is 0.326 e. The number of aliphatic carboxylic acids is 2. The van der Waals surface area contributed by atoms with Crippen LogP contribution in [0.25, 0.3) is 0 Å². The maximum atomic E-state index is 14.3. The molecule has 0 spiro atoms. The number of hydrogen-bond acceptors (Lipinski definition) is 16. The van der Waals surface area contributed by atoms with Gasteiger partial charge in [-0.3, -0.25) is 48.5 Å². The number of phenols is 1. The van der Waals surface area contributed by atoms with E-state index in [1.54, 1.807) is 44.2 Å². The van der Waals surface area contributed by atoms with E-state index < -0.39 is 102 Å². The number of fused-ring (bicyclic) bond motifs is 1. The van der Waals surface area contributed by atoms with Crippen LogP contribution in [0, 0.1) is 5.92 Å². The molecule has 0 radical (unpaired) electrons. The Kier molecular flexibility index (Phi) is 25.6. The molecule has 2 heterocycles. The molecule has 0 saturated carbocycles. The number of amides is 8. The van der Waals surface area contributed by atoms with Gasteiger partial charge in [0.15, 0.2) is 5.78 Å². The highest BCUT2D eigenvalue weighted by atomic mass is 32.2. The summed E-state index contributed by atoms with van der Waals surface area (Å²) in [5.74, 6) is -9.19. The van der Waals surface area contributed by atoms with E-state index in [2.05, 4.69) is 54.8 Å². The fourth-order valence-electron chi connectivity index (χ4n) is 10.1. The normalized spacial score (nSPS) is 19.7. The minimum Gasteiger partial charge on any atom is -0.508 e. The van der Waals surface area contributed by atoms with Gasteiger partial charge >= 0.3 is 18.0 Å². The van der Waals surface area contributed by atoms with Crippen molar-refractivity contribution in [3.8, 4) is 5.75 Å². The van der Waals surface area contributed by atoms with Gasteiger partial charge in [0.05, 0.1) is 36.3 Å². The second kappa shape index (κ2) is 32.0. The molecule has 468 valence electrons. The predicted molar refractivity (Wildman–Crippen MR) is 316 cm³/mol. The van der Waals surface area contributed by atoms with Crippen molar-refractivity contribution in [2.45, 2.75) is 171 Å². The number of Topliss-reactive ketones (excluding diaryl/α,β-unsaturated/α-hetero) is 1. The Labute approximate surface area is 503 Å². The third-order valence-electron chi connectivity index (χ3n) is 15.4. The number of carboxylic acid groups (broad SMARTS) is 2. The SMILES string of the molecule is CC(C)[C@H](NC(=O)[C@@H](NCC(=O)CCCCNC(=O)CCCC[C@@H]1SC[C@]2(C)NC(=O)N[C@]12C)[C@@H](C)O)C(=O)N[C@H](C(=O)N[C@@H](Cc1ccc(C(=O)c2ccccc2)cc1)C(=O)N[C@@H](CC(=O)O)C(=O)N[C@@H](Cc1ccc(O)cc1)C(=O)O)[C@@H](C)O. The Morgan fingerprint density at radius 3 is 1.76 bits per heavy atom. The highest BCUT2D eigenvalue weighted by Crippen LogP contribution is 2.47. The van der Waals surface area contributed by atoms with Crippen LogP contribution in [0.3, 0.4) is 0 Å². The van der Waals surface area contributed by atoms with Crippen LogP contribution in [0.1, 0.15) is 120 Å². The zero-order valence-electron chi connectivity index (χ0n) is 49.1. The van der Waals surface area contributed by atoms with E-state index in [9.17, 15) is 78.3 Å². The number of thioether (sulfide) groups is 1. The van der Waals surface area contributed by atoms with Crippen LogP contribution in [0.5, 0.6) is 5.75 Å². The second-order valence-electron chi connectivity index (χ2n) is 22.6. The first-order chi connectivity index (χ1) is 40.6. The predicted octanol–water partition coefficient (Wildman–Crippen LogP) is 1.13. The van der Waals surface area contributed by atoms with Gasteiger partial charge in [-0.25, -0.2) is 9.59 Å². The fourth-order valence-corrected chi connectivity index (χ4v) is 12.0. The number of aliphatic hydroxyl groups excluding tert-OH is 2. The van der Waals surface area contributed by atoms with Gasteiger partial charge in [-0.05, 0) is 82.6 Å². The maximum Gasteiger partial charge on any atom is 0.326 e. The number of carbonyl (C=O) groups excluding carboxylic acids is 9. The summed E-state index contributed by atoms with van der Waals surface area (Å²) < 4.78 is 0. The van der Waals surface area contributed by atoms with E-state index in [0.29, 0.717) is 48.9 Å². The number of unbranched alkanes of at least 4 members (excludes halogenated alkanes) is 2. The first-order valence-electron chi connectivity index (χ1n) is 28.6. The van der Waals surface area contributed by atoms with Crippen LogP contribution in [0.15, 0.2) is 78.9 Å². The standard InChI is InChI=1S/C60H81N9O16S/c1-33(2)48(66-55(81)49(34(3)70)62-31-41(73)16-12-13-27-61-46(74)18-11-10-17-45-60(6)59(5,32-86-45)68-58(85)69-60)54(80)67-50(35(4)71)56(82)64-42(28-36-19-23-39(24-20-36)51(77)38-14-8-7-9-15-38)52(78)63-43(30-47(75)76)53(79)65-44(57(83)84)29-37-21-25-40(72)26-22-37/h7-9,14-15,19-26,33-35,42-45,48-50,62,70-72H,10-13,16-18,27-32H2,1-6H3,(H,61,74)(H,63,78)(H,64,82)(H,65,79)(H,66,81)(H,67,80)(H,75,76)(H,83,84)(H2,68,69,85)/t34-,35-,42+,43+,44+,45+,48+,49+,50+,59+,60-/m1/s1. The molecule has 0 aromatic heterocycles. The molecule has 14 N–H and O–H groups in total. The molecule has 0 bridgehead atoms. The lowest BCUT2D eigenvalue weighted by atomic mass is 9.79. The summed E-state index contributed by atoms with van der Waals surface area (Å²) in [5, 5.41) is 74.9. The minimum atomic E-state index is -1.92. The molecular formula is C60H81N9O16S. The quantitative estimate of drug-likeness (QED) is 0.0223. The van der Waals surface area contributed by atoms with Gasteiger partial charge in [0.2, 0.25) is 35.4 Å². The summed E-state index contributed by atoms with van der Waals surface area (Å²) in [6.07, 6.45) is -1.08. The summed E-state index contributed by atoms with van der Waals surface area (Å²) in [6, 6.07) is 9.59. The molecule has 11 atom stereocenters. The number of benzene rings is 3. The van der Waals surface area contributed by atoms with Crippen molar-refractivity contribution in [2.75, 3.05) is 18.8 Å². The zero-order valence-corrected chi connectivity index (χ0v) is 49.9. The third-order valence-corrected chi connectivity index (χ3v) is 17.2. The molecule has 8 amide bonds. The Morgan fingerprint density at radius 2 is 1.15 bits per heavy atom. The Bertz CT molecular complexity index is 2900. The topological polar surface area (TPSA) is 397 Å². The third kappa shape index (κ3) is 19.8. The Morgan fingerprint density at radius 1 is 0.616 bits per heavy atom. The van der Waals surface area contributed by atoms with E-state index in [1.165, 1.54) is 55.5 Å². The first-order valence-corrected chi connectivity index (χ1v) is 29.7. The van der Waals surface area contributed by atoms with Crippen LogP contribution in [0.2, 0.25) is 0 Å². The van der Waals surface area contributed by atoms with Gasteiger partial charge < -0.3 is 68.1 Å². The summed E-state index contributed by atoms with van der Waals surface area (Å²) in [6.45, 7) is 9.71. The molecule has 25 nitrogen and oxygen atoms in total.